The van der Waals surface area contributed by atoms with Crippen LogP contribution in [0.5, 0.6) is 0 Å². The molecule has 1 amide bonds. The first-order chi connectivity index (χ1) is 14.7. The van der Waals surface area contributed by atoms with Crippen molar-refractivity contribution in [3.8, 4) is 0 Å². The summed E-state index contributed by atoms with van der Waals surface area (Å²) in [5.41, 5.74) is -0.277. The predicted octanol–water partition coefficient (Wildman–Crippen LogP) is 5.48. The molecule has 1 unspecified atom stereocenters. The molecule has 0 spiro atoms. The molecule has 2 aliphatic rings. The van der Waals surface area contributed by atoms with Crippen LogP contribution in [-0.2, 0) is 20.0 Å². The molecule has 176 valence electrons. The van der Waals surface area contributed by atoms with Gasteiger partial charge in [-0.1, -0.05) is 32.4 Å². The van der Waals surface area contributed by atoms with E-state index in [9.17, 15) is 13.2 Å². The molecule has 9 heteroatoms. The lowest BCUT2D eigenvalue weighted by atomic mass is 9.97. The van der Waals surface area contributed by atoms with Crippen LogP contribution < -0.4 is 0 Å². The van der Waals surface area contributed by atoms with Crippen LogP contribution in [0.1, 0.15) is 73.1 Å². The number of nitrogens with zero attached hydrogens (tertiary/aromatic N) is 2. The third kappa shape index (κ3) is 4.12. The lowest BCUT2D eigenvalue weighted by Gasteiger charge is -2.39. The summed E-state index contributed by atoms with van der Waals surface area (Å²) in [5.74, 6) is 0.464. The van der Waals surface area contributed by atoms with Gasteiger partial charge < -0.3 is 14.1 Å². The van der Waals surface area contributed by atoms with E-state index in [0.29, 0.717) is 24.2 Å². The molecule has 3 atom stereocenters. The molecule has 0 radical (unpaired) electrons. The zero-order valence-electron chi connectivity index (χ0n) is 19.4. The van der Waals surface area contributed by atoms with Crippen molar-refractivity contribution in [1.82, 2.24) is 9.88 Å². The highest BCUT2D eigenvalue weighted by atomic mass is 35.5. The van der Waals surface area contributed by atoms with Crippen molar-refractivity contribution in [3.63, 3.8) is 0 Å². The molecule has 0 N–H and O–H groups in total. The third-order valence-corrected chi connectivity index (χ3v) is 8.79. The molecular weight excluding hydrogens is 452 g/mol. The topological polar surface area (TPSA) is 89.7 Å². The maximum absolute atomic E-state index is 13.8. The number of rotatable bonds is 2. The fourth-order valence-electron chi connectivity index (χ4n) is 4.69. The minimum absolute atomic E-state index is 0.00906. The van der Waals surface area contributed by atoms with E-state index < -0.39 is 20.7 Å². The van der Waals surface area contributed by atoms with Gasteiger partial charge in [0.1, 0.15) is 16.0 Å². The van der Waals surface area contributed by atoms with Gasteiger partial charge >= 0.3 is 6.09 Å². The normalized spacial score (nSPS) is 24.2. The number of amides is 1. The van der Waals surface area contributed by atoms with Crippen LogP contribution in [-0.4, -0.2) is 47.3 Å². The van der Waals surface area contributed by atoms with Gasteiger partial charge in [-0.15, -0.1) is 0 Å². The Labute approximate surface area is 194 Å². The quantitative estimate of drug-likeness (QED) is 0.562. The molecule has 4 rings (SSSR count). The minimum atomic E-state index is -3.81. The van der Waals surface area contributed by atoms with Crippen molar-refractivity contribution < 1.29 is 22.4 Å². The molecular formula is C23H31ClN2O5S. The van der Waals surface area contributed by atoms with Crippen LogP contribution in [0.4, 0.5) is 4.79 Å². The number of halogens is 1. The van der Waals surface area contributed by atoms with Gasteiger partial charge in [-0.3, -0.25) is 0 Å². The Hall–Kier alpha value is -1.80. The van der Waals surface area contributed by atoms with Crippen LogP contribution >= 0.6 is 11.6 Å². The molecule has 2 aliphatic heterocycles. The first-order valence-corrected chi connectivity index (χ1v) is 13.0. The van der Waals surface area contributed by atoms with Crippen LogP contribution in [0, 0.1) is 0 Å². The molecule has 7 nitrogen and oxygen atoms in total. The summed E-state index contributed by atoms with van der Waals surface area (Å²) < 4.78 is 39.1. The fraction of sp³-hybridized carbons (Fsp3) is 0.652. The summed E-state index contributed by atoms with van der Waals surface area (Å²) in [4.78, 5) is 19.0. The Morgan fingerprint density at radius 3 is 2.25 bits per heavy atom. The molecule has 2 fully saturated rings. The molecule has 2 bridgehead atoms. The molecule has 3 heterocycles. The monoisotopic (exact) mass is 482 g/mol. The Morgan fingerprint density at radius 1 is 1.12 bits per heavy atom. The number of hydrogen-bond donors (Lipinski definition) is 0. The highest BCUT2D eigenvalue weighted by molar-refractivity contribution is 7.92. The second kappa shape index (κ2) is 7.62. The summed E-state index contributed by atoms with van der Waals surface area (Å²) in [7, 11) is -3.81. The van der Waals surface area contributed by atoms with Crippen molar-refractivity contribution in [2.75, 3.05) is 0 Å². The van der Waals surface area contributed by atoms with Gasteiger partial charge in [0.05, 0.1) is 10.3 Å². The molecule has 1 aromatic carbocycles. The SMILES string of the molecule is CC(C)(C)OC(=O)N1[C@@H]2CC[C@H]1CC(S(=O)(=O)c1c(Cl)ccc3nc(C(C)(C)C)oc13)C2. The van der Waals surface area contributed by atoms with E-state index in [1.165, 1.54) is 0 Å². The second-order valence-corrected chi connectivity index (χ2v) is 13.5. The van der Waals surface area contributed by atoms with Crippen molar-refractivity contribution in [2.45, 2.75) is 100 Å². The number of piperidine rings is 1. The van der Waals surface area contributed by atoms with E-state index >= 15 is 0 Å². The van der Waals surface area contributed by atoms with Gasteiger partial charge in [0, 0.05) is 17.5 Å². The van der Waals surface area contributed by atoms with Crippen molar-refractivity contribution in [3.05, 3.63) is 23.0 Å². The van der Waals surface area contributed by atoms with E-state index in [0.717, 1.165) is 12.8 Å². The van der Waals surface area contributed by atoms with Crippen LogP contribution in [0.15, 0.2) is 21.4 Å². The van der Waals surface area contributed by atoms with E-state index in [-0.39, 0.29) is 39.1 Å². The standard InChI is InChI=1S/C23H31ClN2O5S/c1-22(2,3)20-25-17-10-9-16(24)19(18(17)30-20)32(28,29)15-11-13-7-8-14(12-15)26(13)21(27)31-23(4,5)6/h9-10,13-15H,7-8,11-12H2,1-6H3/t13-,14+,15?. The number of carbonyl (C=O) groups excluding carboxylic acids is 1. The zero-order chi connectivity index (χ0) is 23.6. The summed E-state index contributed by atoms with van der Waals surface area (Å²) in [6.45, 7) is 11.4. The lowest BCUT2D eigenvalue weighted by molar-refractivity contribution is 0.00813. The predicted molar refractivity (Wildman–Crippen MR) is 123 cm³/mol. The first kappa shape index (κ1) is 23.4. The fourth-order valence-corrected chi connectivity index (χ4v) is 7.19. The number of hydrogen-bond acceptors (Lipinski definition) is 6. The van der Waals surface area contributed by atoms with E-state index in [2.05, 4.69) is 4.98 Å². The maximum atomic E-state index is 13.8. The maximum Gasteiger partial charge on any atom is 0.410 e. The van der Waals surface area contributed by atoms with Crippen molar-refractivity contribution in [1.29, 1.82) is 0 Å². The average molecular weight is 483 g/mol. The Kier molecular flexibility index (Phi) is 5.56. The van der Waals surface area contributed by atoms with Gasteiger partial charge in [0.15, 0.2) is 15.4 Å². The summed E-state index contributed by atoms with van der Waals surface area (Å²) in [6, 6.07) is 2.92. The lowest BCUT2D eigenvalue weighted by Crippen LogP contribution is -2.51. The molecule has 0 aliphatic carbocycles. The van der Waals surface area contributed by atoms with Crippen LogP contribution in [0.3, 0.4) is 0 Å². The van der Waals surface area contributed by atoms with E-state index in [1.54, 1.807) is 17.0 Å². The number of sulfone groups is 1. The Morgan fingerprint density at radius 2 is 1.72 bits per heavy atom. The second-order valence-electron chi connectivity index (χ2n) is 10.9. The van der Waals surface area contributed by atoms with Gasteiger partial charge in [0.25, 0.3) is 0 Å². The number of aromatic nitrogens is 1. The molecule has 2 saturated heterocycles. The molecule has 0 saturated carbocycles. The van der Waals surface area contributed by atoms with Crippen LogP contribution in [0.25, 0.3) is 11.1 Å². The molecule has 2 aromatic rings. The molecule has 1 aromatic heterocycles. The number of carbonyl (C=O) groups is 1. The smallest absolute Gasteiger partial charge is 0.410 e. The number of ether oxygens (including phenoxy) is 1. The third-order valence-electron chi connectivity index (χ3n) is 6.12. The highest BCUT2D eigenvalue weighted by Gasteiger charge is 2.49. The summed E-state index contributed by atoms with van der Waals surface area (Å²) >= 11 is 6.42. The van der Waals surface area contributed by atoms with Crippen molar-refractivity contribution >= 4 is 38.6 Å². The first-order valence-electron chi connectivity index (χ1n) is 11.0. The Balaban J connectivity index is 1.68. The number of benzene rings is 1. The number of oxazole rings is 1. The van der Waals surface area contributed by atoms with Crippen LogP contribution in [0.2, 0.25) is 5.02 Å². The van der Waals surface area contributed by atoms with Gasteiger partial charge in [0.2, 0.25) is 5.89 Å². The van der Waals surface area contributed by atoms with Gasteiger partial charge in [-0.25, -0.2) is 18.2 Å². The van der Waals surface area contributed by atoms with Crippen molar-refractivity contribution in [2.24, 2.45) is 0 Å². The largest absolute Gasteiger partial charge is 0.444 e. The average Bonchev–Trinajstić information content (AvgIpc) is 3.18. The minimum Gasteiger partial charge on any atom is -0.444 e. The number of fused-ring (bicyclic) bond motifs is 3. The van der Waals surface area contributed by atoms with E-state index in [4.69, 9.17) is 20.8 Å². The van der Waals surface area contributed by atoms with Gasteiger partial charge in [-0.2, -0.15) is 0 Å². The molecule has 32 heavy (non-hydrogen) atoms. The zero-order valence-corrected chi connectivity index (χ0v) is 21.0. The summed E-state index contributed by atoms with van der Waals surface area (Å²) in [5, 5.41) is -0.513. The van der Waals surface area contributed by atoms with Gasteiger partial charge in [-0.05, 0) is 58.6 Å². The van der Waals surface area contributed by atoms with E-state index in [1.807, 2.05) is 41.5 Å². The summed E-state index contributed by atoms with van der Waals surface area (Å²) in [6.07, 6.45) is 1.87. The highest BCUT2D eigenvalue weighted by Crippen LogP contribution is 2.43. The Bertz CT molecular complexity index is 1150.